The number of hydrogen-bond donors (Lipinski definition) is 1. The first kappa shape index (κ1) is 17.6. The predicted octanol–water partition coefficient (Wildman–Crippen LogP) is 2.20. The number of ether oxygens (including phenoxy) is 1. The fourth-order valence-corrected chi connectivity index (χ4v) is 4.64. The molecule has 2 unspecified atom stereocenters. The summed E-state index contributed by atoms with van der Waals surface area (Å²) in [7, 11) is 1.74. The number of carbonyl (C=O) groups excluding carboxylic acids is 1. The Morgan fingerprint density at radius 2 is 1.85 bits per heavy atom. The summed E-state index contributed by atoms with van der Waals surface area (Å²) >= 11 is 0. The van der Waals surface area contributed by atoms with Crippen molar-refractivity contribution in [3.05, 3.63) is 35.1 Å². The third kappa shape index (κ3) is 2.85. The van der Waals surface area contributed by atoms with Gasteiger partial charge in [0.25, 0.3) is 0 Å². The van der Waals surface area contributed by atoms with Gasteiger partial charge >= 0.3 is 6.09 Å². The van der Waals surface area contributed by atoms with E-state index in [0.717, 1.165) is 19.0 Å². The van der Waals surface area contributed by atoms with Gasteiger partial charge in [0.15, 0.2) is 11.6 Å². The monoisotopic (exact) mass is 369 g/mol. The van der Waals surface area contributed by atoms with Gasteiger partial charge in [0.2, 0.25) is 0 Å². The van der Waals surface area contributed by atoms with Gasteiger partial charge in [0.05, 0.1) is 6.04 Å². The number of carbonyl (C=O) groups is 1. The molecule has 0 radical (unpaired) electrons. The lowest BCUT2D eigenvalue weighted by atomic mass is 9.77. The molecule has 3 fully saturated rings. The lowest BCUT2D eigenvalue weighted by Gasteiger charge is -2.39. The van der Waals surface area contributed by atoms with Crippen LogP contribution < -0.4 is 5.73 Å². The molecule has 2 heterocycles. The summed E-state index contributed by atoms with van der Waals surface area (Å²) in [6.07, 6.45) is 1.63. The summed E-state index contributed by atoms with van der Waals surface area (Å²) in [5.41, 5.74) is 6.44. The van der Waals surface area contributed by atoms with Crippen LogP contribution >= 0.6 is 0 Å². The summed E-state index contributed by atoms with van der Waals surface area (Å²) in [6, 6.07) is 1.46. The van der Waals surface area contributed by atoms with Crippen LogP contribution in [-0.2, 0) is 4.74 Å². The number of nitrogens with two attached hydrogens (primary N) is 1. The topological polar surface area (TPSA) is 58.8 Å². The quantitative estimate of drug-likeness (QED) is 0.812. The number of benzene rings is 1. The zero-order chi connectivity index (χ0) is 18.6. The van der Waals surface area contributed by atoms with E-state index in [1.54, 1.807) is 11.9 Å². The molecule has 1 aromatic carbocycles. The number of amides is 1. The zero-order valence-electron chi connectivity index (χ0n) is 14.5. The second kappa shape index (κ2) is 6.42. The first-order valence-electron chi connectivity index (χ1n) is 8.92. The fraction of sp³-hybridized carbons (Fsp3) is 0.611. The highest BCUT2D eigenvalue weighted by Gasteiger charge is 2.48. The molecule has 1 saturated carbocycles. The van der Waals surface area contributed by atoms with E-state index in [1.807, 2.05) is 0 Å². The number of nitrogens with zero attached hydrogens (tertiary/aromatic N) is 2. The molecule has 5 nitrogen and oxygen atoms in total. The molecular formula is C18H22F3N3O2. The van der Waals surface area contributed by atoms with E-state index in [9.17, 15) is 18.0 Å². The molecule has 4 rings (SSSR count). The molecule has 142 valence electrons. The van der Waals surface area contributed by atoms with Crippen molar-refractivity contribution in [3.63, 3.8) is 0 Å². The highest BCUT2D eigenvalue weighted by molar-refractivity contribution is 5.70. The van der Waals surface area contributed by atoms with Crippen molar-refractivity contribution in [2.24, 2.45) is 5.73 Å². The molecule has 5 atom stereocenters. The Balaban J connectivity index is 1.43. The number of likely N-dealkylation sites (tertiary alicyclic amines) is 1. The molecule has 26 heavy (non-hydrogen) atoms. The maximum atomic E-state index is 14.1. The number of fused-ring (bicyclic) bond motifs is 1. The maximum absolute atomic E-state index is 14.1. The van der Waals surface area contributed by atoms with E-state index in [1.165, 1.54) is 0 Å². The van der Waals surface area contributed by atoms with E-state index in [2.05, 4.69) is 4.90 Å². The summed E-state index contributed by atoms with van der Waals surface area (Å²) in [5.74, 6) is -3.31. The number of halogens is 3. The van der Waals surface area contributed by atoms with Gasteiger partial charge in [-0.3, -0.25) is 4.90 Å². The summed E-state index contributed by atoms with van der Waals surface area (Å²) in [4.78, 5) is 15.5. The minimum atomic E-state index is -1.18. The smallest absolute Gasteiger partial charge is 0.410 e. The predicted molar refractivity (Wildman–Crippen MR) is 88.1 cm³/mol. The van der Waals surface area contributed by atoms with Crippen LogP contribution in [0.1, 0.15) is 30.7 Å². The number of likely N-dealkylation sites (N-methyl/N-ethyl adjacent to an activating group) is 1. The van der Waals surface area contributed by atoms with Crippen LogP contribution in [0, 0.1) is 17.5 Å². The summed E-state index contributed by atoms with van der Waals surface area (Å²) in [6.45, 7) is 1.40. The Morgan fingerprint density at radius 3 is 2.54 bits per heavy atom. The van der Waals surface area contributed by atoms with Crippen LogP contribution in [0.5, 0.6) is 0 Å². The lowest BCUT2D eigenvalue weighted by Crippen LogP contribution is -2.46. The zero-order valence-corrected chi connectivity index (χ0v) is 14.5. The number of hydrogen-bond acceptors (Lipinski definition) is 4. The molecular weight excluding hydrogens is 347 g/mol. The van der Waals surface area contributed by atoms with Crippen LogP contribution in [0.3, 0.4) is 0 Å². The van der Waals surface area contributed by atoms with Crippen molar-refractivity contribution in [1.29, 1.82) is 0 Å². The van der Waals surface area contributed by atoms with Crippen LogP contribution in [0.2, 0.25) is 0 Å². The summed E-state index contributed by atoms with van der Waals surface area (Å²) < 4.78 is 46.2. The molecule has 1 aliphatic carbocycles. The average molecular weight is 369 g/mol. The van der Waals surface area contributed by atoms with Gasteiger partial charge in [-0.2, -0.15) is 0 Å². The third-order valence-corrected chi connectivity index (χ3v) is 6.13. The maximum Gasteiger partial charge on any atom is 0.410 e. The van der Waals surface area contributed by atoms with Crippen LogP contribution in [-0.4, -0.2) is 60.3 Å². The van der Waals surface area contributed by atoms with Crippen LogP contribution in [0.15, 0.2) is 12.1 Å². The molecule has 0 aromatic heterocycles. The van der Waals surface area contributed by atoms with E-state index in [-0.39, 0.29) is 41.8 Å². The van der Waals surface area contributed by atoms with Gasteiger partial charge in [-0.15, -0.1) is 0 Å². The second-order valence-electron chi connectivity index (χ2n) is 7.58. The first-order chi connectivity index (χ1) is 12.3. The van der Waals surface area contributed by atoms with Crippen molar-refractivity contribution in [1.82, 2.24) is 9.80 Å². The highest BCUT2D eigenvalue weighted by atomic mass is 19.2. The molecule has 2 aliphatic heterocycles. The average Bonchev–Trinajstić information content (AvgIpc) is 3.11. The largest absolute Gasteiger partial charge is 0.442 e. The van der Waals surface area contributed by atoms with Crippen molar-refractivity contribution >= 4 is 6.09 Å². The Morgan fingerprint density at radius 1 is 1.12 bits per heavy atom. The van der Waals surface area contributed by atoms with Crippen LogP contribution in [0.4, 0.5) is 18.0 Å². The second-order valence-corrected chi connectivity index (χ2v) is 7.58. The van der Waals surface area contributed by atoms with Crippen molar-refractivity contribution in [2.45, 2.75) is 49.4 Å². The summed E-state index contributed by atoms with van der Waals surface area (Å²) in [5, 5.41) is 0. The van der Waals surface area contributed by atoms with Gasteiger partial charge in [0.1, 0.15) is 11.9 Å². The SMILES string of the molecule is CN1C(=O)O[C@H]2CN(C3CC[C@@H](c4cc(F)c(F)cc4F)C(N)C3)C[C@H]21. The van der Waals surface area contributed by atoms with Gasteiger partial charge < -0.3 is 15.4 Å². The molecule has 8 heteroatoms. The fourth-order valence-electron chi connectivity index (χ4n) is 4.64. The van der Waals surface area contributed by atoms with Crippen molar-refractivity contribution in [2.75, 3.05) is 20.1 Å². The lowest BCUT2D eigenvalue weighted by molar-refractivity contribution is 0.102. The molecule has 0 spiro atoms. The molecule has 1 aromatic rings. The van der Waals surface area contributed by atoms with E-state index in [4.69, 9.17) is 10.5 Å². The van der Waals surface area contributed by atoms with Gasteiger partial charge in [-0.05, 0) is 30.9 Å². The van der Waals surface area contributed by atoms with Gasteiger partial charge in [-0.25, -0.2) is 18.0 Å². The Hall–Kier alpha value is -1.80. The van der Waals surface area contributed by atoms with Gasteiger partial charge in [-0.1, -0.05) is 0 Å². The van der Waals surface area contributed by atoms with Crippen LogP contribution in [0.25, 0.3) is 0 Å². The number of rotatable bonds is 2. The third-order valence-electron chi connectivity index (χ3n) is 6.13. The molecule has 2 saturated heterocycles. The van der Waals surface area contributed by atoms with E-state index >= 15 is 0 Å². The Labute approximate surface area is 149 Å². The molecule has 0 bridgehead atoms. The highest BCUT2D eigenvalue weighted by Crippen LogP contribution is 2.38. The Kier molecular flexibility index (Phi) is 4.35. The minimum Gasteiger partial charge on any atom is -0.442 e. The minimum absolute atomic E-state index is 0.0556. The normalized spacial score (nSPS) is 34.9. The molecule has 1 amide bonds. The Bertz CT molecular complexity index is 732. The van der Waals surface area contributed by atoms with Crippen molar-refractivity contribution in [3.8, 4) is 0 Å². The van der Waals surface area contributed by atoms with Crippen molar-refractivity contribution < 1.29 is 22.7 Å². The molecule has 3 aliphatic rings. The standard InChI is InChI=1S/C18H22F3N3O2/c1-23-16-7-24(8-17(16)26-18(23)25)9-2-3-10(15(22)4-9)11-5-13(20)14(21)6-12(11)19/h5-6,9-10,15-17H,2-4,7-8,22H2,1H3/t9?,10-,15?,16+,17-/m0/s1. The first-order valence-corrected chi connectivity index (χ1v) is 8.92. The van der Waals surface area contributed by atoms with Gasteiger partial charge in [0, 0.05) is 44.2 Å². The van der Waals surface area contributed by atoms with E-state index < -0.39 is 17.5 Å². The molecule has 2 N–H and O–H groups in total. The van der Waals surface area contributed by atoms with E-state index in [0.29, 0.717) is 25.5 Å².